The van der Waals surface area contributed by atoms with Crippen molar-refractivity contribution < 1.29 is 24.9 Å². The molecule has 2 aliphatic rings. The number of aliphatic hydroxyl groups excluding tert-OH is 3. The predicted octanol–water partition coefficient (Wildman–Crippen LogP) is 3.38. The van der Waals surface area contributed by atoms with Crippen LogP contribution < -0.4 is 0 Å². The molecule has 0 unspecified atom stereocenters. The number of esters is 1. The monoisotopic (exact) mass is 402 g/mol. The van der Waals surface area contributed by atoms with Gasteiger partial charge >= 0.3 is 5.97 Å². The lowest BCUT2D eigenvalue weighted by Crippen LogP contribution is -2.37. The second-order valence-corrected chi connectivity index (χ2v) is 7.90. The summed E-state index contributed by atoms with van der Waals surface area (Å²) in [5.41, 5.74) is 0. The molecule has 0 radical (unpaired) electrons. The quantitative estimate of drug-likeness (QED) is 0.427. The topological polar surface area (TPSA) is 87.0 Å². The summed E-state index contributed by atoms with van der Waals surface area (Å²) in [6.45, 7) is 1.85. The molecule has 0 bridgehead atoms. The van der Waals surface area contributed by atoms with Crippen molar-refractivity contribution in [1.82, 2.24) is 0 Å². The molecule has 0 spiro atoms. The van der Waals surface area contributed by atoms with Crippen molar-refractivity contribution in [3.8, 4) is 0 Å². The minimum Gasteiger partial charge on any atom is -0.460 e. The lowest BCUT2D eigenvalue weighted by molar-refractivity contribution is -0.142. The number of allylic oxidation sites excluding steroid dienone is 7. The largest absolute Gasteiger partial charge is 0.460 e. The highest BCUT2D eigenvalue weighted by Gasteiger charge is 2.33. The number of cyclic esters (lactones) is 1. The van der Waals surface area contributed by atoms with Crippen LogP contribution in [0.1, 0.15) is 45.4 Å². The van der Waals surface area contributed by atoms with E-state index >= 15 is 0 Å². The average molecular weight is 403 g/mol. The minimum atomic E-state index is -0.632. The van der Waals surface area contributed by atoms with Crippen LogP contribution in [0.4, 0.5) is 0 Å². The molecule has 2 rings (SSSR count). The van der Waals surface area contributed by atoms with Gasteiger partial charge in [-0.25, -0.2) is 4.79 Å². The summed E-state index contributed by atoms with van der Waals surface area (Å²) in [5, 5.41) is 30.7. The standard InChI is InChI=1S/C24H34O5/c1-18-10-9-12-20(25)14-15-22-19(16-21(26)17-23(22)27)11-7-5-3-2-4-6-8-13-24(28)29-18/h3-8,11,13-15,18-23,25-27H,2,9-10,12,16-17H2,1H3/b5-3-,6-4+,11-7+,13-8-,15-14+/t18-,19+,20-,21+,22-,23-/m0/s1. The first-order chi connectivity index (χ1) is 14.0. The van der Waals surface area contributed by atoms with E-state index in [0.717, 1.165) is 12.8 Å². The molecule has 29 heavy (non-hydrogen) atoms. The summed E-state index contributed by atoms with van der Waals surface area (Å²) < 4.78 is 5.32. The first-order valence-electron chi connectivity index (χ1n) is 10.6. The molecule has 0 aromatic rings. The number of aliphatic hydroxyl groups is 3. The van der Waals surface area contributed by atoms with Gasteiger partial charge in [0, 0.05) is 12.0 Å². The van der Waals surface area contributed by atoms with Crippen LogP contribution in [0.15, 0.2) is 60.8 Å². The van der Waals surface area contributed by atoms with Gasteiger partial charge in [-0.2, -0.15) is 0 Å². The second kappa shape index (κ2) is 12.6. The van der Waals surface area contributed by atoms with Crippen molar-refractivity contribution in [3.05, 3.63) is 60.8 Å². The lowest BCUT2D eigenvalue weighted by atomic mass is 9.75. The van der Waals surface area contributed by atoms with Crippen LogP contribution >= 0.6 is 0 Å². The molecule has 0 aromatic heterocycles. The van der Waals surface area contributed by atoms with Gasteiger partial charge in [0.15, 0.2) is 0 Å². The highest BCUT2D eigenvalue weighted by Crippen LogP contribution is 2.33. The smallest absolute Gasteiger partial charge is 0.331 e. The molecule has 6 atom stereocenters. The van der Waals surface area contributed by atoms with Gasteiger partial charge in [0.05, 0.1) is 24.4 Å². The Bertz CT molecular complexity index is 646. The molecule has 0 aromatic carbocycles. The fourth-order valence-electron chi connectivity index (χ4n) is 3.76. The molecule has 160 valence electrons. The number of ether oxygens (including phenoxy) is 1. The van der Waals surface area contributed by atoms with Gasteiger partial charge in [0.1, 0.15) is 0 Å². The molecule has 1 saturated carbocycles. The molecule has 0 amide bonds. The number of hydrogen-bond acceptors (Lipinski definition) is 5. The van der Waals surface area contributed by atoms with Gasteiger partial charge in [-0.05, 0) is 51.4 Å². The highest BCUT2D eigenvalue weighted by molar-refractivity contribution is 5.82. The first kappa shape index (κ1) is 23.3. The van der Waals surface area contributed by atoms with Crippen LogP contribution in [-0.2, 0) is 9.53 Å². The summed E-state index contributed by atoms with van der Waals surface area (Å²) in [4.78, 5) is 11.8. The van der Waals surface area contributed by atoms with Crippen molar-refractivity contribution >= 4 is 5.97 Å². The molecule has 3 N–H and O–H groups in total. The van der Waals surface area contributed by atoms with Crippen molar-refractivity contribution in [2.24, 2.45) is 11.8 Å². The summed E-state index contributed by atoms with van der Waals surface area (Å²) in [6.07, 6.45) is 20.0. The number of hydrogen-bond donors (Lipinski definition) is 3. The molecule has 5 heteroatoms. The summed E-state index contributed by atoms with van der Waals surface area (Å²) in [7, 11) is 0. The summed E-state index contributed by atoms with van der Waals surface area (Å²) >= 11 is 0. The Labute approximate surface area is 173 Å². The first-order valence-corrected chi connectivity index (χ1v) is 10.6. The Balaban J connectivity index is 2.10. The van der Waals surface area contributed by atoms with Crippen LogP contribution in [0, 0.1) is 11.8 Å². The van der Waals surface area contributed by atoms with Crippen LogP contribution in [0.5, 0.6) is 0 Å². The molecular weight excluding hydrogens is 368 g/mol. The van der Waals surface area contributed by atoms with E-state index in [2.05, 4.69) is 0 Å². The molecular formula is C24H34O5. The fourth-order valence-corrected chi connectivity index (χ4v) is 3.76. The molecule has 1 fully saturated rings. The predicted molar refractivity (Wildman–Crippen MR) is 114 cm³/mol. The van der Waals surface area contributed by atoms with Crippen LogP contribution in [0.25, 0.3) is 0 Å². The second-order valence-electron chi connectivity index (χ2n) is 7.90. The van der Waals surface area contributed by atoms with Crippen LogP contribution in [0.2, 0.25) is 0 Å². The van der Waals surface area contributed by atoms with Crippen LogP contribution in [0.3, 0.4) is 0 Å². The van der Waals surface area contributed by atoms with Crippen molar-refractivity contribution in [2.75, 3.05) is 0 Å². The Morgan fingerprint density at radius 1 is 0.931 bits per heavy atom. The maximum absolute atomic E-state index is 11.8. The fraction of sp³-hybridized carbons (Fsp3) is 0.542. The van der Waals surface area contributed by atoms with Crippen molar-refractivity contribution in [2.45, 2.75) is 69.9 Å². The molecule has 5 nitrogen and oxygen atoms in total. The zero-order valence-electron chi connectivity index (χ0n) is 17.1. The lowest BCUT2D eigenvalue weighted by Gasteiger charge is -2.35. The van der Waals surface area contributed by atoms with E-state index < -0.39 is 18.3 Å². The third-order valence-electron chi connectivity index (χ3n) is 5.34. The van der Waals surface area contributed by atoms with Gasteiger partial charge in [-0.15, -0.1) is 0 Å². The SMILES string of the molecule is C[C@H]1CCC[C@H](O)/C=C/[C@H]2[C@H](/C=C/C=C\C/C=C/C=C\C(=O)O1)C[C@@H](O)C[C@@H]2O. The Morgan fingerprint density at radius 2 is 1.69 bits per heavy atom. The number of rotatable bonds is 0. The van der Waals surface area contributed by atoms with E-state index in [1.807, 2.05) is 49.5 Å². The zero-order chi connectivity index (χ0) is 21.1. The zero-order valence-corrected chi connectivity index (χ0v) is 17.1. The Hall–Kier alpha value is -1.95. The molecule has 0 saturated heterocycles. The van der Waals surface area contributed by atoms with E-state index in [4.69, 9.17) is 4.74 Å². The highest BCUT2D eigenvalue weighted by atomic mass is 16.5. The van der Waals surface area contributed by atoms with E-state index in [1.165, 1.54) is 6.08 Å². The summed E-state index contributed by atoms with van der Waals surface area (Å²) in [5.74, 6) is -0.478. The van der Waals surface area contributed by atoms with Crippen molar-refractivity contribution in [1.29, 1.82) is 0 Å². The Morgan fingerprint density at radius 3 is 2.48 bits per heavy atom. The summed E-state index contributed by atoms with van der Waals surface area (Å²) in [6, 6.07) is 0. The van der Waals surface area contributed by atoms with Gasteiger partial charge in [-0.1, -0.05) is 54.7 Å². The van der Waals surface area contributed by atoms with Crippen LogP contribution in [-0.4, -0.2) is 45.7 Å². The third kappa shape index (κ3) is 8.94. The number of fused-ring (bicyclic) bond motifs is 1. The molecule has 1 aliphatic carbocycles. The average Bonchev–Trinajstić information content (AvgIpc) is 2.65. The maximum atomic E-state index is 11.8. The number of carbonyl (C=O) groups excluding carboxylic acids is 1. The minimum absolute atomic E-state index is 0.0188. The third-order valence-corrected chi connectivity index (χ3v) is 5.34. The van der Waals surface area contributed by atoms with Gasteiger partial charge in [0.25, 0.3) is 0 Å². The van der Waals surface area contributed by atoms with Crippen molar-refractivity contribution in [3.63, 3.8) is 0 Å². The van der Waals surface area contributed by atoms with E-state index in [9.17, 15) is 20.1 Å². The van der Waals surface area contributed by atoms with Gasteiger partial charge in [0.2, 0.25) is 0 Å². The molecule has 1 heterocycles. The normalized spacial score (nSPS) is 40.6. The van der Waals surface area contributed by atoms with Gasteiger partial charge in [-0.3, -0.25) is 0 Å². The van der Waals surface area contributed by atoms with E-state index in [1.54, 1.807) is 12.2 Å². The van der Waals surface area contributed by atoms with E-state index in [0.29, 0.717) is 25.7 Å². The Kier molecular flexibility index (Phi) is 10.1. The molecule has 1 aliphatic heterocycles. The van der Waals surface area contributed by atoms with E-state index in [-0.39, 0.29) is 23.9 Å². The maximum Gasteiger partial charge on any atom is 0.331 e. The number of carbonyl (C=O) groups is 1. The van der Waals surface area contributed by atoms with Gasteiger partial charge < -0.3 is 20.1 Å².